The molecule has 0 amide bonds. The second-order valence-corrected chi connectivity index (χ2v) is 60.7. The molecule has 1 aromatic carbocycles. The molecule has 19 heavy (non-hydrogen) atoms. The summed E-state index contributed by atoms with van der Waals surface area (Å²) in [6.07, 6.45) is 1.08. The fraction of sp³-hybridized carbons (Fsp3) is 0.364. The van der Waals surface area contributed by atoms with E-state index in [2.05, 4.69) is 36.9 Å². The van der Waals surface area contributed by atoms with Crippen molar-refractivity contribution in [2.24, 2.45) is 0 Å². The maximum atomic E-state index is 5.06. The second-order valence-electron chi connectivity index (χ2n) is 3.82. The number of nitrogens with zero attached hydrogens (tertiary/aromatic N) is 1. The number of aryl methyl sites for hydroxylation is 1. The molecule has 0 aliphatic carbocycles. The van der Waals surface area contributed by atoms with E-state index in [0.29, 0.717) is 0 Å². The van der Waals surface area contributed by atoms with Crippen molar-refractivity contribution in [3.05, 3.63) is 40.2 Å². The molecular weight excluding hydrogens is 481 g/mol. The fourth-order valence-electron chi connectivity index (χ4n) is 0.887. The molecule has 110 valence electrons. The standard InChI is InChI=1S/C11H14N.6ClH.Sb/c1-3-8-12-9-11-6-4-10(2)5-7-11;;;;;;;/h4-7H,3,8H2,1-2H3;6*1H;/q+1;;;;;;;+5/p-6. The van der Waals surface area contributed by atoms with Crippen LogP contribution in [0.3, 0.4) is 0 Å². The van der Waals surface area contributed by atoms with E-state index in [1.54, 1.807) is 0 Å². The predicted molar refractivity (Wildman–Crippen MR) is 93.6 cm³/mol. The first kappa shape index (κ1) is 20.3. The van der Waals surface area contributed by atoms with Gasteiger partial charge in [-0.2, -0.15) is 0 Å². The molecule has 0 aliphatic heterocycles. The first-order chi connectivity index (χ1) is 8.28. The van der Waals surface area contributed by atoms with Crippen LogP contribution in [-0.2, 0) is 0 Å². The number of halogens is 6. The van der Waals surface area contributed by atoms with Gasteiger partial charge in [-0.15, -0.1) is 0 Å². The van der Waals surface area contributed by atoms with Gasteiger partial charge in [-0.1, -0.05) is 29.5 Å². The fourth-order valence-corrected chi connectivity index (χ4v) is 0.887. The van der Waals surface area contributed by atoms with Gasteiger partial charge in [-0.25, -0.2) is 0 Å². The molecule has 0 aromatic heterocycles. The van der Waals surface area contributed by atoms with E-state index in [-0.39, 0.29) is 0 Å². The van der Waals surface area contributed by atoms with E-state index < -0.39 is 9.14 Å². The Morgan fingerprint density at radius 2 is 1.42 bits per heavy atom. The van der Waals surface area contributed by atoms with Crippen LogP contribution in [0.1, 0.15) is 24.5 Å². The van der Waals surface area contributed by atoms with Crippen LogP contribution in [0.15, 0.2) is 24.3 Å². The van der Waals surface area contributed by atoms with Crippen molar-refractivity contribution >= 4 is 62.1 Å². The average molecular weight is 495 g/mol. The van der Waals surface area contributed by atoms with Crippen LogP contribution in [-0.4, -0.2) is 15.7 Å². The van der Waals surface area contributed by atoms with Crippen LogP contribution < -0.4 is 0 Å². The summed E-state index contributed by atoms with van der Waals surface area (Å²) in [4.78, 5) is 4.14. The molecule has 0 radical (unpaired) electrons. The third-order valence-electron chi connectivity index (χ3n) is 1.60. The molecule has 0 atom stereocenters. The first-order valence-corrected chi connectivity index (χ1v) is 24.7. The van der Waals surface area contributed by atoms with Crippen molar-refractivity contribution in [1.82, 2.24) is 0 Å². The average Bonchev–Trinajstić information content (AvgIpc) is 2.17. The second kappa shape index (κ2) is 7.02. The van der Waals surface area contributed by atoms with Crippen molar-refractivity contribution in [2.75, 3.05) is 6.54 Å². The summed E-state index contributed by atoms with van der Waals surface area (Å²) in [5, 5.41) is 0. The van der Waals surface area contributed by atoms with E-state index in [4.69, 9.17) is 53.0 Å². The van der Waals surface area contributed by atoms with Gasteiger partial charge >= 0.3 is 68.2 Å². The third-order valence-corrected chi connectivity index (χ3v) is 1.60. The molecular formula is C11H14Cl6NSb. The SMILES string of the molecule is CCC[N+]#Cc1ccc(C)cc1.[Cl][Sb-]([Cl])([Cl])([Cl])([Cl])[Cl]. The molecule has 1 nitrogen and oxygen atoms in total. The molecule has 0 aliphatic rings. The van der Waals surface area contributed by atoms with Crippen molar-refractivity contribution in [3.8, 4) is 6.07 Å². The Morgan fingerprint density at radius 3 is 1.79 bits per heavy atom. The van der Waals surface area contributed by atoms with Crippen molar-refractivity contribution < 1.29 is 0 Å². The van der Waals surface area contributed by atoms with Crippen LogP contribution in [0.4, 0.5) is 0 Å². The van der Waals surface area contributed by atoms with E-state index >= 15 is 0 Å². The summed E-state index contributed by atoms with van der Waals surface area (Å²) in [5.74, 6) is 0. The molecule has 1 rings (SSSR count). The summed E-state index contributed by atoms with van der Waals surface area (Å²) >= 11 is 0. The van der Waals surface area contributed by atoms with Gasteiger partial charge < -0.3 is 0 Å². The van der Waals surface area contributed by atoms with Crippen molar-refractivity contribution in [1.29, 1.82) is 0 Å². The Labute approximate surface area is 134 Å². The first-order valence-electron chi connectivity index (χ1n) is 5.33. The third kappa shape index (κ3) is 21.7. The summed E-state index contributed by atoms with van der Waals surface area (Å²) in [6, 6.07) is 11.2. The van der Waals surface area contributed by atoms with Gasteiger partial charge in [0.25, 0.3) is 6.54 Å². The minimum atomic E-state index is -5.42. The normalized spacial score (nSPS) is 14.1. The molecule has 0 N–H and O–H groups in total. The summed E-state index contributed by atoms with van der Waals surface area (Å²) in [6.45, 7) is 5.06. The molecule has 0 bridgehead atoms. The Balaban J connectivity index is 0.000000399. The zero-order chi connectivity index (χ0) is 15.2. The number of benzene rings is 1. The Bertz CT molecular complexity index is 454. The summed E-state index contributed by atoms with van der Waals surface area (Å²) < 4.78 is 0. The monoisotopic (exact) mass is 491 g/mol. The zero-order valence-electron chi connectivity index (χ0n) is 10.4. The van der Waals surface area contributed by atoms with Gasteiger partial charge in [-0.3, -0.25) is 0 Å². The van der Waals surface area contributed by atoms with Crippen molar-refractivity contribution in [3.63, 3.8) is 0 Å². The Hall–Kier alpha value is 1.27. The molecule has 1 aromatic rings. The van der Waals surface area contributed by atoms with E-state index in [1.807, 2.05) is 12.1 Å². The maximum absolute atomic E-state index is 5.42. The van der Waals surface area contributed by atoms with Crippen LogP contribution in [0.5, 0.6) is 0 Å². The van der Waals surface area contributed by atoms with Crippen LogP contribution in [0, 0.1) is 13.0 Å². The van der Waals surface area contributed by atoms with Gasteiger partial charge in [-0.05, 0) is 19.1 Å². The van der Waals surface area contributed by atoms with Gasteiger partial charge in [0.05, 0.1) is 0 Å². The van der Waals surface area contributed by atoms with E-state index in [9.17, 15) is 0 Å². The number of rotatable bonds is 1. The molecule has 0 unspecified atom stereocenters. The topological polar surface area (TPSA) is 4.36 Å². The minimum absolute atomic E-state index is 0.869. The predicted octanol–water partition coefficient (Wildman–Crippen LogP) is 6.84. The van der Waals surface area contributed by atoms with Crippen LogP contribution in [0.2, 0.25) is 0 Å². The molecule has 0 fully saturated rings. The summed E-state index contributed by atoms with van der Waals surface area (Å²) in [7, 11) is 25.0. The van der Waals surface area contributed by atoms with Crippen LogP contribution >= 0.6 is 53.0 Å². The quantitative estimate of drug-likeness (QED) is 0.377. The molecule has 0 spiro atoms. The molecule has 8 heteroatoms. The molecule has 0 saturated heterocycles. The molecule has 0 heterocycles. The van der Waals surface area contributed by atoms with Gasteiger partial charge in [0.2, 0.25) is 0 Å². The van der Waals surface area contributed by atoms with Gasteiger partial charge in [0.15, 0.2) is 0 Å². The number of hydrogen-bond acceptors (Lipinski definition) is 0. The number of hydrogen-bond donors (Lipinski definition) is 0. The van der Waals surface area contributed by atoms with E-state index in [0.717, 1.165) is 18.5 Å². The van der Waals surface area contributed by atoms with Gasteiger partial charge in [0.1, 0.15) is 5.56 Å². The molecule has 0 saturated carbocycles. The van der Waals surface area contributed by atoms with Crippen molar-refractivity contribution in [2.45, 2.75) is 20.3 Å². The zero-order valence-corrected chi connectivity index (χ0v) is 17.5. The summed E-state index contributed by atoms with van der Waals surface area (Å²) in [5.41, 5.74) is 2.34. The van der Waals surface area contributed by atoms with Gasteiger partial charge in [0, 0.05) is 6.42 Å². The Kier molecular flexibility index (Phi) is 7.49. The van der Waals surface area contributed by atoms with Crippen LogP contribution in [0.25, 0.3) is 4.85 Å². The Morgan fingerprint density at radius 1 is 1.00 bits per heavy atom. The van der Waals surface area contributed by atoms with E-state index in [1.165, 1.54) is 5.56 Å².